The van der Waals surface area contributed by atoms with Crippen LogP contribution in [-0.4, -0.2) is 42.0 Å². The van der Waals surface area contributed by atoms with Gasteiger partial charge in [0.2, 0.25) is 0 Å². The Labute approximate surface area is 151 Å². The van der Waals surface area contributed by atoms with Crippen LogP contribution in [0.25, 0.3) is 0 Å². The molecule has 1 amide bonds. The lowest BCUT2D eigenvalue weighted by Crippen LogP contribution is -2.36. The van der Waals surface area contributed by atoms with Gasteiger partial charge in [-0.2, -0.15) is 0 Å². The number of hydrogen-bond donors (Lipinski definition) is 2. The number of amides is 1. The molecule has 7 heteroatoms. The predicted octanol–water partition coefficient (Wildman–Crippen LogP) is 3.43. The van der Waals surface area contributed by atoms with Crippen LogP contribution in [0.15, 0.2) is 30.3 Å². The van der Waals surface area contributed by atoms with E-state index in [2.05, 4.69) is 27.6 Å². The van der Waals surface area contributed by atoms with Crippen molar-refractivity contribution in [1.82, 2.24) is 9.88 Å². The minimum absolute atomic E-state index is 0.210. The highest BCUT2D eigenvalue weighted by Crippen LogP contribution is 2.19. The molecule has 5 nitrogen and oxygen atoms in total. The fourth-order valence-corrected chi connectivity index (χ4v) is 2.99. The Bertz CT molecular complexity index is 804. The minimum Gasteiger partial charge on any atom is -0.367 e. The lowest BCUT2D eigenvalue weighted by molar-refractivity contribution is 0.101. The summed E-state index contributed by atoms with van der Waals surface area (Å²) in [7, 11) is 2.09. The molecule has 1 aromatic carbocycles. The molecule has 0 spiro atoms. The number of likely N-dealkylation sites (tertiary alicyclic amines) is 1. The third-order valence-electron chi connectivity index (χ3n) is 4.57. The van der Waals surface area contributed by atoms with Gasteiger partial charge in [-0.3, -0.25) is 4.79 Å². The van der Waals surface area contributed by atoms with Crippen LogP contribution in [0.1, 0.15) is 28.8 Å². The summed E-state index contributed by atoms with van der Waals surface area (Å²) in [5.74, 6) is -1.74. The highest BCUT2D eigenvalue weighted by Gasteiger charge is 2.20. The van der Waals surface area contributed by atoms with Gasteiger partial charge in [0.1, 0.15) is 28.8 Å². The molecule has 1 aliphatic heterocycles. The quantitative estimate of drug-likeness (QED) is 0.877. The highest BCUT2D eigenvalue weighted by molar-refractivity contribution is 6.04. The van der Waals surface area contributed by atoms with E-state index in [0.29, 0.717) is 11.9 Å². The predicted molar refractivity (Wildman–Crippen MR) is 97.4 cm³/mol. The Morgan fingerprint density at radius 1 is 1.15 bits per heavy atom. The molecule has 138 valence electrons. The molecule has 1 fully saturated rings. The maximum atomic E-state index is 14.1. The maximum Gasteiger partial charge on any atom is 0.262 e. The molecule has 1 saturated heterocycles. The summed E-state index contributed by atoms with van der Waals surface area (Å²) in [5.41, 5.74) is -0.386. The zero-order chi connectivity index (χ0) is 18.7. The van der Waals surface area contributed by atoms with Crippen molar-refractivity contribution in [2.75, 3.05) is 30.8 Å². The summed E-state index contributed by atoms with van der Waals surface area (Å²) >= 11 is 0. The summed E-state index contributed by atoms with van der Waals surface area (Å²) < 4.78 is 28.0. The first-order valence-corrected chi connectivity index (χ1v) is 8.62. The van der Waals surface area contributed by atoms with Gasteiger partial charge in [-0.15, -0.1) is 0 Å². The average molecular weight is 360 g/mol. The Kier molecular flexibility index (Phi) is 5.46. The second-order valence-electron chi connectivity index (χ2n) is 6.64. The van der Waals surface area contributed by atoms with E-state index in [1.165, 1.54) is 13.0 Å². The van der Waals surface area contributed by atoms with Gasteiger partial charge in [0.25, 0.3) is 5.91 Å². The lowest BCUT2D eigenvalue weighted by atomic mass is 10.1. The van der Waals surface area contributed by atoms with Crippen LogP contribution >= 0.6 is 0 Å². The van der Waals surface area contributed by atoms with Gasteiger partial charge >= 0.3 is 0 Å². The van der Waals surface area contributed by atoms with Gasteiger partial charge in [0.05, 0.1) is 0 Å². The number of aryl methyl sites for hydroxylation is 1. The zero-order valence-corrected chi connectivity index (χ0v) is 14.9. The van der Waals surface area contributed by atoms with Crippen LogP contribution in [0.2, 0.25) is 0 Å². The van der Waals surface area contributed by atoms with Crippen LogP contribution < -0.4 is 10.6 Å². The number of pyridine rings is 1. The Hall–Kier alpha value is -2.54. The van der Waals surface area contributed by atoms with E-state index >= 15 is 0 Å². The standard InChI is InChI=1S/C19H22F2N4O/c1-12-6-7-14(20)17(18(12)21)19(26)24-16-5-3-4-15(23-16)22-13-8-10-25(2)11-9-13/h3-7,13H,8-11H2,1-2H3,(H2,22,23,24,26). The van der Waals surface area contributed by atoms with Gasteiger partial charge < -0.3 is 15.5 Å². The highest BCUT2D eigenvalue weighted by atomic mass is 19.1. The number of carbonyl (C=O) groups excluding carboxylic acids is 1. The molecular weight excluding hydrogens is 338 g/mol. The van der Waals surface area contributed by atoms with Gasteiger partial charge in [-0.25, -0.2) is 13.8 Å². The van der Waals surface area contributed by atoms with Gasteiger partial charge in [-0.05, 0) is 63.7 Å². The fourth-order valence-electron chi connectivity index (χ4n) is 2.99. The number of nitrogens with one attached hydrogen (secondary N) is 2. The molecule has 0 saturated carbocycles. The number of carbonyl (C=O) groups is 1. The van der Waals surface area contributed by atoms with Crippen LogP contribution in [0, 0.1) is 18.6 Å². The van der Waals surface area contributed by atoms with Gasteiger partial charge in [0, 0.05) is 6.04 Å². The van der Waals surface area contributed by atoms with Crippen molar-refractivity contribution in [2.45, 2.75) is 25.8 Å². The molecule has 0 atom stereocenters. The molecule has 1 aromatic heterocycles. The normalized spacial score (nSPS) is 15.7. The van der Waals surface area contributed by atoms with Gasteiger partial charge in [0.15, 0.2) is 0 Å². The van der Waals surface area contributed by atoms with E-state index in [9.17, 15) is 13.6 Å². The summed E-state index contributed by atoms with van der Waals surface area (Å²) in [6, 6.07) is 7.83. The number of piperidine rings is 1. The number of aromatic nitrogens is 1. The molecular formula is C19H22F2N4O. The van der Waals surface area contributed by atoms with Crippen molar-refractivity contribution in [3.63, 3.8) is 0 Å². The molecule has 2 aromatic rings. The second-order valence-corrected chi connectivity index (χ2v) is 6.64. The molecule has 0 aliphatic carbocycles. The number of benzene rings is 1. The van der Waals surface area contributed by atoms with E-state index in [0.717, 1.165) is 32.0 Å². The second kappa shape index (κ2) is 7.78. The summed E-state index contributed by atoms with van der Waals surface area (Å²) in [6.45, 7) is 3.51. The van der Waals surface area contributed by atoms with Crippen molar-refractivity contribution in [2.24, 2.45) is 0 Å². The van der Waals surface area contributed by atoms with Crippen molar-refractivity contribution in [1.29, 1.82) is 0 Å². The number of nitrogens with zero attached hydrogens (tertiary/aromatic N) is 2. The van der Waals surface area contributed by atoms with Crippen LogP contribution in [0.5, 0.6) is 0 Å². The van der Waals surface area contributed by atoms with Crippen LogP contribution in [0.4, 0.5) is 20.4 Å². The van der Waals surface area contributed by atoms with Gasteiger partial charge in [-0.1, -0.05) is 12.1 Å². The third-order valence-corrected chi connectivity index (χ3v) is 4.57. The number of halogens is 2. The fraction of sp³-hybridized carbons (Fsp3) is 0.368. The first-order valence-electron chi connectivity index (χ1n) is 8.62. The minimum atomic E-state index is -0.897. The van der Waals surface area contributed by atoms with E-state index in [4.69, 9.17) is 0 Å². The molecule has 3 rings (SSSR count). The zero-order valence-electron chi connectivity index (χ0n) is 14.9. The largest absolute Gasteiger partial charge is 0.367 e. The summed E-state index contributed by atoms with van der Waals surface area (Å²) in [4.78, 5) is 18.9. The first-order chi connectivity index (χ1) is 12.4. The van der Waals surface area contributed by atoms with Crippen molar-refractivity contribution >= 4 is 17.5 Å². The van der Waals surface area contributed by atoms with Crippen molar-refractivity contribution in [3.05, 3.63) is 53.1 Å². The number of rotatable bonds is 4. The smallest absolute Gasteiger partial charge is 0.262 e. The van der Waals surface area contributed by atoms with Crippen molar-refractivity contribution in [3.8, 4) is 0 Å². The molecule has 26 heavy (non-hydrogen) atoms. The molecule has 1 aliphatic rings. The van der Waals surface area contributed by atoms with E-state index in [1.54, 1.807) is 12.1 Å². The van der Waals surface area contributed by atoms with Crippen LogP contribution in [-0.2, 0) is 0 Å². The van der Waals surface area contributed by atoms with E-state index in [1.807, 2.05) is 6.07 Å². The average Bonchev–Trinajstić information content (AvgIpc) is 2.61. The third kappa shape index (κ3) is 4.16. The molecule has 0 radical (unpaired) electrons. The number of hydrogen-bond acceptors (Lipinski definition) is 4. The Morgan fingerprint density at radius 3 is 2.58 bits per heavy atom. The topological polar surface area (TPSA) is 57.3 Å². The van der Waals surface area contributed by atoms with E-state index < -0.39 is 23.1 Å². The van der Waals surface area contributed by atoms with Crippen molar-refractivity contribution < 1.29 is 13.6 Å². The van der Waals surface area contributed by atoms with Crippen LogP contribution in [0.3, 0.4) is 0 Å². The molecule has 0 bridgehead atoms. The molecule has 0 unspecified atom stereocenters. The molecule has 2 N–H and O–H groups in total. The lowest BCUT2D eigenvalue weighted by Gasteiger charge is -2.29. The monoisotopic (exact) mass is 360 g/mol. The number of anilines is 2. The Balaban J connectivity index is 1.71. The SMILES string of the molecule is Cc1ccc(F)c(C(=O)Nc2cccc(NC3CCN(C)CC3)n2)c1F. The maximum absolute atomic E-state index is 14.1. The molecule has 2 heterocycles. The summed E-state index contributed by atoms with van der Waals surface area (Å²) in [5, 5.41) is 5.82. The first kappa shape index (κ1) is 18.3. The summed E-state index contributed by atoms with van der Waals surface area (Å²) in [6.07, 6.45) is 2.02. The Morgan fingerprint density at radius 2 is 1.85 bits per heavy atom. The van der Waals surface area contributed by atoms with E-state index in [-0.39, 0.29) is 11.4 Å².